The van der Waals surface area contributed by atoms with Crippen molar-refractivity contribution in [2.24, 2.45) is 0 Å². The molecule has 5 heteroatoms. The van der Waals surface area contributed by atoms with Gasteiger partial charge in [0.1, 0.15) is 6.10 Å². The van der Waals surface area contributed by atoms with E-state index in [4.69, 9.17) is 0 Å². The van der Waals surface area contributed by atoms with E-state index in [1.54, 1.807) is 24.4 Å². The highest BCUT2D eigenvalue weighted by molar-refractivity contribution is 7.80. The molecule has 0 aliphatic rings. The van der Waals surface area contributed by atoms with Crippen LogP contribution in [0.4, 0.5) is 0 Å². The van der Waals surface area contributed by atoms with Gasteiger partial charge in [0.2, 0.25) is 0 Å². The number of aromatic nitrogens is 1. The van der Waals surface area contributed by atoms with Crippen LogP contribution in [0.25, 0.3) is 10.9 Å². The number of fused-ring (bicyclic) bond motifs is 1. The van der Waals surface area contributed by atoms with Crippen molar-refractivity contribution in [2.45, 2.75) is 18.6 Å². The molecule has 2 atom stereocenters. The van der Waals surface area contributed by atoms with E-state index in [2.05, 4.69) is 17.6 Å². The van der Waals surface area contributed by atoms with Gasteiger partial charge in [-0.05, 0) is 29.9 Å². The van der Waals surface area contributed by atoms with Crippen LogP contribution in [0.2, 0.25) is 0 Å². The minimum Gasteiger partial charge on any atom is -0.390 e. The second-order valence-corrected chi connectivity index (χ2v) is 4.64. The number of carbonyl (C=O) groups is 1. The van der Waals surface area contributed by atoms with E-state index in [9.17, 15) is 15.0 Å². The van der Waals surface area contributed by atoms with E-state index in [0.717, 1.165) is 17.2 Å². The molecule has 3 N–H and O–H groups in total. The zero-order valence-corrected chi connectivity index (χ0v) is 10.6. The molecule has 0 saturated heterocycles. The van der Waals surface area contributed by atoms with Crippen LogP contribution < -0.4 is 0 Å². The minimum atomic E-state index is -0.962. The SMILES string of the molecule is O=Cc1c[nH]c2ccc(C(O)C(O)CCS)cc12. The Bertz CT molecular complexity index is 552. The van der Waals surface area contributed by atoms with Crippen molar-refractivity contribution in [1.82, 2.24) is 4.98 Å². The molecule has 2 unspecified atom stereocenters. The van der Waals surface area contributed by atoms with Gasteiger partial charge in [0.15, 0.2) is 6.29 Å². The van der Waals surface area contributed by atoms with Crippen molar-refractivity contribution in [2.75, 3.05) is 5.75 Å². The summed E-state index contributed by atoms with van der Waals surface area (Å²) in [7, 11) is 0. The first-order valence-electron chi connectivity index (χ1n) is 5.70. The van der Waals surface area contributed by atoms with E-state index >= 15 is 0 Å². The first-order valence-corrected chi connectivity index (χ1v) is 6.34. The molecule has 0 radical (unpaired) electrons. The number of nitrogens with one attached hydrogen (secondary N) is 1. The number of H-pyrrole nitrogens is 1. The molecule has 0 aliphatic carbocycles. The quantitative estimate of drug-likeness (QED) is 0.491. The van der Waals surface area contributed by atoms with Crippen LogP contribution in [0.5, 0.6) is 0 Å². The van der Waals surface area contributed by atoms with Gasteiger partial charge < -0.3 is 15.2 Å². The van der Waals surface area contributed by atoms with Gasteiger partial charge >= 0.3 is 0 Å². The number of aliphatic hydroxyl groups is 2. The van der Waals surface area contributed by atoms with Crippen molar-refractivity contribution in [3.05, 3.63) is 35.5 Å². The highest BCUT2D eigenvalue weighted by atomic mass is 32.1. The topological polar surface area (TPSA) is 73.3 Å². The molecule has 0 amide bonds. The third-order valence-corrected chi connectivity index (χ3v) is 3.25. The van der Waals surface area contributed by atoms with Gasteiger partial charge in [0.05, 0.1) is 6.10 Å². The highest BCUT2D eigenvalue weighted by Crippen LogP contribution is 2.25. The van der Waals surface area contributed by atoms with Crippen molar-refractivity contribution in [1.29, 1.82) is 0 Å². The van der Waals surface area contributed by atoms with E-state index in [-0.39, 0.29) is 0 Å². The van der Waals surface area contributed by atoms with Crippen LogP contribution in [0, 0.1) is 0 Å². The summed E-state index contributed by atoms with van der Waals surface area (Å²) < 4.78 is 0. The first kappa shape index (κ1) is 13.1. The molecule has 18 heavy (non-hydrogen) atoms. The number of hydrogen-bond donors (Lipinski definition) is 4. The molecule has 2 aromatic rings. The molecule has 1 heterocycles. The standard InChI is InChI=1S/C13H15NO3S/c15-7-9-6-14-11-2-1-8(5-10(9)11)13(17)12(16)3-4-18/h1-2,5-7,12-14,16-18H,3-4H2. The Morgan fingerprint density at radius 1 is 1.39 bits per heavy atom. The summed E-state index contributed by atoms with van der Waals surface area (Å²) in [6.07, 6.45) is 0.988. The van der Waals surface area contributed by atoms with Gasteiger partial charge in [-0.25, -0.2) is 0 Å². The Labute approximate surface area is 110 Å². The number of hydrogen-bond acceptors (Lipinski definition) is 4. The molecule has 0 fully saturated rings. The number of aldehydes is 1. The Balaban J connectivity index is 2.36. The highest BCUT2D eigenvalue weighted by Gasteiger charge is 2.18. The number of rotatable bonds is 5. The van der Waals surface area contributed by atoms with Crippen LogP contribution in [0.1, 0.15) is 28.4 Å². The average Bonchev–Trinajstić information content (AvgIpc) is 2.80. The van der Waals surface area contributed by atoms with Crippen LogP contribution >= 0.6 is 12.6 Å². The third kappa shape index (κ3) is 2.43. The summed E-state index contributed by atoms with van der Waals surface area (Å²) in [6.45, 7) is 0. The number of aliphatic hydroxyl groups excluding tert-OH is 2. The molecule has 96 valence electrons. The maximum atomic E-state index is 10.9. The van der Waals surface area contributed by atoms with Crippen molar-refractivity contribution < 1.29 is 15.0 Å². The summed E-state index contributed by atoms with van der Waals surface area (Å²) in [5.41, 5.74) is 1.97. The maximum Gasteiger partial charge on any atom is 0.152 e. The zero-order valence-electron chi connectivity index (χ0n) is 9.71. The molecule has 0 saturated carbocycles. The average molecular weight is 265 g/mol. The molecule has 0 spiro atoms. The number of aromatic amines is 1. The summed E-state index contributed by atoms with van der Waals surface area (Å²) in [5, 5.41) is 20.5. The summed E-state index contributed by atoms with van der Waals surface area (Å²) in [5.74, 6) is 0.504. The lowest BCUT2D eigenvalue weighted by Crippen LogP contribution is -2.18. The molecule has 0 bridgehead atoms. The van der Waals surface area contributed by atoms with Gasteiger partial charge in [-0.1, -0.05) is 6.07 Å². The normalized spacial score (nSPS) is 14.6. The second-order valence-electron chi connectivity index (χ2n) is 4.19. The minimum absolute atomic E-state index is 0.413. The molecule has 1 aromatic carbocycles. The fourth-order valence-electron chi connectivity index (χ4n) is 1.95. The van der Waals surface area contributed by atoms with E-state index in [0.29, 0.717) is 23.3 Å². The van der Waals surface area contributed by atoms with E-state index < -0.39 is 12.2 Å². The lowest BCUT2D eigenvalue weighted by atomic mass is 10.0. The predicted octanol–water partition coefficient (Wildman–Crippen LogP) is 1.69. The van der Waals surface area contributed by atoms with Gasteiger partial charge in [-0.3, -0.25) is 4.79 Å². The second kappa shape index (κ2) is 5.56. The monoisotopic (exact) mass is 265 g/mol. The first-order chi connectivity index (χ1) is 8.67. The van der Waals surface area contributed by atoms with Gasteiger partial charge in [0, 0.05) is 22.7 Å². The zero-order chi connectivity index (χ0) is 13.1. The Morgan fingerprint density at radius 3 is 2.83 bits per heavy atom. The van der Waals surface area contributed by atoms with Crippen molar-refractivity contribution in [3.63, 3.8) is 0 Å². The van der Waals surface area contributed by atoms with Crippen LogP contribution in [0.3, 0.4) is 0 Å². The summed E-state index contributed by atoms with van der Waals surface area (Å²) in [4.78, 5) is 13.8. The van der Waals surface area contributed by atoms with Crippen molar-refractivity contribution in [3.8, 4) is 0 Å². The largest absolute Gasteiger partial charge is 0.390 e. The number of carbonyl (C=O) groups excluding carboxylic acids is 1. The maximum absolute atomic E-state index is 10.9. The van der Waals surface area contributed by atoms with E-state index in [1.807, 2.05) is 0 Å². The smallest absolute Gasteiger partial charge is 0.152 e. The van der Waals surface area contributed by atoms with E-state index in [1.165, 1.54) is 0 Å². The predicted molar refractivity (Wildman–Crippen MR) is 73.1 cm³/mol. The molecular weight excluding hydrogens is 250 g/mol. The number of benzene rings is 1. The summed E-state index contributed by atoms with van der Waals surface area (Å²) >= 11 is 4.02. The van der Waals surface area contributed by atoms with Crippen molar-refractivity contribution >= 4 is 29.8 Å². The molecule has 2 rings (SSSR count). The Kier molecular flexibility index (Phi) is 4.06. The molecule has 4 nitrogen and oxygen atoms in total. The number of thiol groups is 1. The molecule has 1 aromatic heterocycles. The lowest BCUT2D eigenvalue weighted by Gasteiger charge is -2.17. The van der Waals surface area contributed by atoms with Gasteiger partial charge in [0.25, 0.3) is 0 Å². The third-order valence-electron chi connectivity index (χ3n) is 3.00. The molecular formula is C13H15NO3S. The van der Waals surface area contributed by atoms with Crippen LogP contribution in [-0.2, 0) is 0 Å². The fraction of sp³-hybridized carbons (Fsp3) is 0.308. The van der Waals surface area contributed by atoms with Crippen LogP contribution in [0.15, 0.2) is 24.4 Å². The van der Waals surface area contributed by atoms with Crippen LogP contribution in [-0.4, -0.2) is 33.3 Å². The Morgan fingerprint density at radius 2 is 2.17 bits per heavy atom. The fourth-order valence-corrected chi connectivity index (χ4v) is 2.22. The Hall–Kier alpha value is -1.30. The van der Waals surface area contributed by atoms with Gasteiger partial charge in [-0.2, -0.15) is 12.6 Å². The lowest BCUT2D eigenvalue weighted by molar-refractivity contribution is 0.0173. The molecule has 0 aliphatic heterocycles. The van der Waals surface area contributed by atoms with Gasteiger partial charge in [-0.15, -0.1) is 0 Å². The summed E-state index contributed by atoms with van der Waals surface area (Å²) in [6, 6.07) is 5.25.